The molecular weight excluding hydrogens is 326 g/mol. The molecular formula is C20H21N5O. The van der Waals surface area contributed by atoms with Crippen LogP contribution in [-0.2, 0) is 6.54 Å². The van der Waals surface area contributed by atoms with E-state index in [-0.39, 0.29) is 5.91 Å². The molecule has 132 valence electrons. The number of aromatic nitrogens is 3. The summed E-state index contributed by atoms with van der Waals surface area (Å²) in [6, 6.07) is 7.93. The maximum Gasteiger partial charge on any atom is 0.258 e. The van der Waals surface area contributed by atoms with Crippen LogP contribution >= 0.6 is 0 Å². The van der Waals surface area contributed by atoms with Crippen LogP contribution < -0.4 is 10.6 Å². The Morgan fingerprint density at radius 3 is 2.35 bits per heavy atom. The molecule has 6 heteroatoms. The summed E-state index contributed by atoms with van der Waals surface area (Å²) in [5.74, 6) is 0.243. The van der Waals surface area contributed by atoms with Crippen molar-refractivity contribution in [3.63, 3.8) is 0 Å². The average molecular weight is 347 g/mol. The van der Waals surface area contributed by atoms with Gasteiger partial charge >= 0.3 is 0 Å². The molecule has 3 aromatic rings. The molecule has 1 amide bonds. The third-order valence-electron chi connectivity index (χ3n) is 4.00. The number of amides is 1. The lowest BCUT2D eigenvalue weighted by Crippen LogP contribution is -2.15. The van der Waals surface area contributed by atoms with E-state index < -0.39 is 0 Å². The summed E-state index contributed by atoms with van der Waals surface area (Å²) >= 11 is 0. The first-order valence-electron chi connectivity index (χ1n) is 8.37. The second-order valence-corrected chi connectivity index (χ2v) is 6.24. The maximum absolute atomic E-state index is 12.5. The van der Waals surface area contributed by atoms with Gasteiger partial charge in [-0.1, -0.05) is 23.8 Å². The lowest BCUT2D eigenvalue weighted by Gasteiger charge is -2.13. The Kier molecular flexibility index (Phi) is 5.22. The number of anilines is 2. The second kappa shape index (κ2) is 7.74. The van der Waals surface area contributed by atoms with Gasteiger partial charge in [0, 0.05) is 37.0 Å². The van der Waals surface area contributed by atoms with Crippen LogP contribution in [0.4, 0.5) is 11.6 Å². The molecule has 0 bridgehead atoms. The Hall–Kier alpha value is -3.28. The molecule has 0 spiro atoms. The number of benzene rings is 1. The van der Waals surface area contributed by atoms with Crippen molar-refractivity contribution in [1.29, 1.82) is 0 Å². The maximum atomic E-state index is 12.5. The zero-order chi connectivity index (χ0) is 18.5. The van der Waals surface area contributed by atoms with Gasteiger partial charge in [-0.2, -0.15) is 0 Å². The van der Waals surface area contributed by atoms with Crippen LogP contribution in [0.5, 0.6) is 0 Å². The summed E-state index contributed by atoms with van der Waals surface area (Å²) in [6.45, 7) is 6.58. The second-order valence-electron chi connectivity index (χ2n) is 6.24. The van der Waals surface area contributed by atoms with Gasteiger partial charge in [0.25, 0.3) is 5.91 Å². The molecule has 0 aliphatic rings. The van der Waals surface area contributed by atoms with Crippen LogP contribution in [0.2, 0.25) is 0 Å². The highest BCUT2D eigenvalue weighted by Gasteiger charge is 2.11. The average Bonchev–Trinajstić information content (AvgIpc) is 2.64. The van der Waals surface area contributed by atoms with E-state index in [1.54, 1.807) is 12.4 Å². The number of nitrogens with one attached hydrogen (secondary N) is 2. The van der Waals surface area contributed by atoms with Gasteiger partial charge in [0.05, 0.1) is 5.56 Å². The highest BCUT2D eigenvalue weighted by Crippen LogP contribution is 2.22. The minimum Gasteiger partial charge on any atom is -0.350 e. The third kappa shape index (κ3) is 4.22. The number of carbonyl (C=O) groups excluding carboxylic acids is 1. The standard InChI is InChI=1S/C20H21N5O/c1-13-7-14(2)18(15(3)8-13)25-19(26)17-11-23-20(24-12-17)22-10-16-5-4-6-21-9-16/h4-9,11-12H,10H2,1-3H3,(H,25,26)(H,22,23,24). The van der Waals surface area contributed by atoms with Crippen molar-refractivity contribution >= 4 is 17.5 Å². The van der Waals surface area contributed by atoms with Crippen LogP contribution in [-0.4, -0.2) is 20.9 Å². The first-order chi connectivity index (χ1) is 12.5. The molecule has 0 atom stereocenters. The zero-order valence-corrected chi connectivity index (χ0v) is 15.1. The van der Waals surface area contributed by atoms with Crippen molar-refractivity contribution in [1.82, 2.24) is 15.0 Å². The van der Waals surface area contributed by atoms with Crippen LogP contribution in [0.3, 0.4) is 0 Å². The predicted octanol–water partition coefficient (Wildman–Crippen LogP) is 3.66. The molecule has 0 fully saturated rings. The molecule has 3 rings (SSSR count). The summed E-state index contributed by atoms with van der Waals surface area (Å²) in [5, 5.41) is 6.06. The van der Waals surface area contributed by atoms with Gasteiger partial charge in [0.1, 0.15) is 0 Å². The molecule has 2 aromatic heterocycles. The van der Waals surface area contributed by atoms with E-state index in [0.29, 0.717) is 18.1 Å². The normalized spacial score (nSPS) is 10.4. The van der Waals surface area contributed by atoms with Crippen molar-refractivity contribution < 1.29 is 4.79 Å². The third-order valence-corrected chi connectivity index (χ3v) is 4.00. The topological polar surface area (TPSA) is 79.8 Å². The van der Waals surface area contributed by atoms with E-state index in [4.69, 9.17) is 0 Å². The summed E-state index contributed by atoms with van der Waals surface area (Å²) in [7, 11) is 0. The highest BCUT2D eigenvalue weighted by molar-refractivity contribution is 6.04. The van der Waals surface area contributed by atoms with Crippen molar-refractivity contribution in [2.75, 3.05) is 10.6 Å². The van der Waals surface area contributed by atoms with Crippen molar-refractivity contribution in [3.05, 3.63) is 76.9 Å². The van der Waals surface area contributed by atoms with Gasteiger partial charge in [0.15, 0.2) is 0 Å². The van der Waals surface area contributed by atoms with Gasteiger partial charge in [-0.25, -0.2) is 9.97 Å². The molecule has 2 heterocycles. The van der Waals surface area contributed by atoms with Crippen molar-refractivity contribution in [2.24, 2.45) is 0 Å². The minimum absolute atomic E-state index is 0.223. The quantitative estimate of drug-likeness (QED) is 0.736. The molecule has 26 heavy (non-hydrogen) atoms. The highest BCUT2D eigenvalue weighted by atomic mass is 16.1. The minimum atomic E-state index is -0.223. The Balaban J connectivity index is 1.66. The van der Waals surface area contributed by atoms with E-state index in [0.717, 1.165) is 22.4 Å². The van der Waals surface area contributed by atoms with Crippen LogP contribution in [0.15, 0.2) is 49.1 Å². The van der Waals surface area contributed by atoms with Crippen LogP contribution in [0.25, 0.3) is 0 Å². The van der Waals surface area contributed by atoms with E-state index >= 15 is 0 Å². The number of hydrogen-bond acceptors (Lipinski definition) is 5. The van der Waals surface area contributed by atoms with Crippen LogP contribution in [0.1, 0.15) is 32.6 Å². The fourth-order valence-corrected chi connectivity index (χ4v) is 2.78. The number of carbonyl (C=O) groups is 1. The molecule has 0 aliphatic carbocycles. The first-order valence-corrected chi connectivity index (χ1v) is 8.37. The SMILES string of the molecule is Cc1cc(C)c(NC(=O)c2cnc(NCc3cccnc3)nc2)c(C)c1. The molecule has 1 aromatic carbocycles. The Labute approximate surface area is 152 Å². The largest absolute Gasteiger partial charge is 0.350 e. The molecule has 0 saturated carbocycles. The van der Waals surface area contributed by atoms with E-state index in [1.807, 2.05) is 45.0 Å². The van der Waals surface area contributed by atoms with Gasteiger partial charge in [0.2, 0.25) is 5.95 Å². The molecule has 6 nitrogen and oxygen atoms in total. The molecule has 0 aliphatic heterocycles. The number of pyridine rings is 1. The lowest BCUT2D eigenvalue weighted by atomic mass is 10.0. The lowest BCUT2D eigenvalue weighted by molar-refractivity contribution is 0.102. The van der Waals surface area contributed by atoms with E-state index in [2.05, 4.69) is 25.6 Å². The molecule has 0 unspecified atom stereocenters. The Morgan fingerprint density at radius 1 is 1.04 bits per heavy atom. The number of nitrogens with zero attached hydrogens (tertiary/aromatic N) is 3. The van der Waals surface area contributed by atoms with Gasteiger partial charge in [-0.3, -0.25) is 9.78 Å². The van der Waals surface area contributed by atoms with Gasteiger partial charge in [-0.05, 0) is 43.5 Å². The monoisotopic (exact) mass is 347 g/mol. The summed E-state index contributed by atoms with van der Waals surface area (Å²) in [6.07, 6.45) is 6.55. The van der Waals surface area contributed by atoms with Crippen molar-refractivity contribution in [2.45, 2.75) is 27.3 Å². The van der Waals surface area contributed by atoms with Gasteiger partial charge < -0.3 is 10.6 Å². The summed E-state index contributed by atoms with van der Waals surface area (Å²) in [4.78, 5) is 25.0. The molecule has 0 saturated heterocycles. The fourth-order valence-electron chi connectivity index (χ4n) is 2.78. The fraction of sp³-hybridized carbons (Fsp3) is 0.200. The summed E-state index contributed by atoms with van der Waals surface area (Å²) in [5.41, 5.74) is 5.52. The van der Waals surface area contributed by atoms with Crippen LogP contribution in [0, 0.1) is 20.8 Å². The first kappa shape index (κ1) is 17.5. The summed E-state index contributed by atoms with van der Waals surface area (Å²) < 4.78 is 0. The number of hydrogen-bond donors (Lipinski definition) is 2. The zero-order valence-electron chi connectivity index (χ0n) is 15.1. The smallest absolute Gasteiger partial charge is 0.258 e. The van der Waals surface area contributed by atoms with Crippen molar-refractivity contribution in [3.8, 4) is 0 Å². The van der Waals surface area contributed by atoms with Gasteiger partial charge in [-0.15, -0.1) is 0 Å². The molecule has 0 radical (unpaired) electrons. The number of aryl methyl sites for hydroxylation is 3. The number of rotatable bonds is 5. The Bertz CT molecular complexity index is 884. The Morgan fingerprint density at radius 2 is 1.73 bits per heavy atom. The van der Waals surface area contributed by atoms with E-state index in [1.165, 1.54) is 18.0 Å². The predicted molar refractivity (Wildman–Crippen MR) is 102 cm³/mol. The molecule has 2 N–H and O–H groups in total. The van der Waals surface area contributed by atoms with E-state index in [9.17, 15) is 4.79 Å².